The molecule has 4 saturated heterocycles. The highest BCUT2D eigenvalue weighted by atomic mass is 16.7. The van der Waals surface area contributed by atoms with E-state index in [0.29, 0.717) is 6.42 Å². The number of ketones is 1. The second kappa shape index (κ2) is 5.95. The highest BCUT2D eigenvalue weighted by molar-refractivity contribution is 5.91. The maximum absolute atomic E-state index is 13.8. The molecule has 34 heavy (non-hydrogen) atoms. The topological polar surface area (TPSA) is 112 Å². The first-order valence-corrected chi connectivity index (χ1v) is 12.3. The first-order chi connectivity index (χ1) is 16.0. The van der Waals surface area contributed by atoms with Crippen LogP contribution in [-0.4, -0.2) is 40.8 Å². The maximum Gasteiger partial charge on any atom is 0.306 e. The lowest BCUT2D eigenvalue weighted by Crippen LogP contribution is -2.74. The average molecular weight is 471 g/mol. The van der Waals surface area contributed by atoms with Gasteiger partial charge in [-0.15, -0.1) is 0 Å². The number of cyclic esters (lactones) is 2. The van der Waals surface area contributed by atoms with E-state index in [1.165, 1.54) is 0 Å². The number of fused-ring (bicyclic) bond motifs is 1. The lowest BCUT2D eigenvalue weighted by Gasteiger charge is -2.66. The van der Waals surface area contributed by atoms with Crippen LogP contribution in [0.2, 0.25) is 0 Å². The number of hydrogen-bond donors (Lipinski definition) is 1. The van der Waals surface area contributed by atoms with Crippen LogP contribution in [0.15, 0.2) is 23.0 Å². The van der Waals surface area contributed by atoms with Crippen LogP contribution < -0.4 is 0 Å². The van der Waals surface area contributed by atoms with Crippen LogP contribution in [0.3, 0.4) is 0 Å². The summed E-state index contributed by atoms with van der Waals surface area (Å²) in [6.45, 7) is 5.98. The maximum atomic E-state index is 13.8. The smallest absolute Gasteiger partial charge is 0.306 e. The zero-order chi connectivity index (χ0) is 23.9. The fraction of sp³-hybridized carbons (Fsp3) is 0.731. The van der Waals surface area contributed by atoms with Gasteiger partial charge in [-0.25, -0.2) is 0 Å². The van der Waals surface area contributed by atoms with Crippen molar-refractivity contribution in [2.45, 2.75) is 70.4 Å². The predicted molar refractivity (Wildman–Crippen MR) is 114 cm³/mol. The van der Waals surface area contributed by atoms with Gasteiger partial charge in [0, 0.05) is 28.2 Å². The largest absolute Gasteiger partial charge is 0.472 e. The summed E-state index contributed by atoms with van der Waals surface area (Å²) in [7, 11) is 0. The summed E-state index contributed by atoms with van der Waals surface area (Å²) in [5, 5.41) is 12.2. The van der Waals surface area contributed by atoms with Gasteiger partial charge in [-0.3, -0.25) is 14.4 Å². The number of carbonyl (C=O) groups is 3. The van der Waals surface area contributed by atoms with Crippen molar-refractivity contribution in [3.05, 3.63) is 24.2 Å². The fourth-order valence-corrected chi connectivity index (χ4v) is 9.59. The molecule has 7 rings (SSSR count). The SMILES string of the molecule is CC1(C)C(=O)[C@@H]2C[C@@]34OC2(O)[C@]2(COC(=O)C[C@@H]12)[C@H]3CC[C@]1(C)[C@H]4CC(=O)O[C@H]1c1ccoc1. The molecular formula is C26H30O8. The Bertz CT molecular complexity index is 1120. The van der Waals surface area contributed by atoms with Crippen LogP contribution in [-0.2, 0) is 28.6 Å². The van der Waals surface area contributed by atoms with E-state index in [2.05, 4.69) is 6.92 Å². The quantitative estimate of drug-likeness (QED) is 0.624. The van der Waals surface area contributed by atoms with Crippen molar-refractivity contribution in [3.63, 3.8) is 0 Å². The van der Waals surface area contributed by atoms with Gasteiger partial charge in [-0.05, 0) is 31.2 Å². The molecule has 0 amide bonds. The molecule has 6 aliphatic rings. The van der Waals surface area contributed by atoms with E-state index in [1.807, 2.05) is 19.9 Å². The molecule has 0 aromatic carbocycles. The van der Waals surface area contributed by atoms with E-state index in [-0.39, 0.29) is 54.9 Å². The molecule has 6 fully saturated rings. The second-order valence-electron chi connectivity index (χ2n) is 12.3. The summed E-state index contributed by atoms with van der Waals surface area (Å²) in [4.78, 5) is 39.1. The third kappa shape index (κ3) is 2.02. The van der Waals surface area contributed by atoms with Gasteiger partial charge in [0.25, 0.3) is 0 Å². The Morgan fingerprint density at radius 1 is 1.03 bits per heavy atom. The van der Waals surface area contributed by atoms with Crippen molar-refractivity contribution >= 4 is 17.7 Å². The molecular weight excluding hydrogens is 440 g/mol. The highest BCUT2D eigenvalue weighted by Gasteiger charge is 2.89. The Morgan fingerprint density at radius 2 is 1.79 bits per heavy atom. The van der Waals surface area contributed by atoms with Crippen molar-refractivity contribution in [1.82, 2.24) is 0 Å². The van der Waals surface area contributed by atoms with Crippen LogP contribution in [0, 0.1) is 39.9 Å². The monoisotopic (exact) mass is 470 g/mol. The van der Waals surface area contributed by atoms with Gasteiger partial charge >= 0.3 is 11.9 Å². The van der Waals surface area contributed by atoms with E-state index >= 15 is 0 Å². The zero-order valence-electron chi connectivity index (χ0n) is 19.7. The fourth-order valence-electron chi connectivity index (χ4n) is 9.59. The number of rotatable bonds is 1. The molecule has 8 heteroatoms. The molecule has 182 valence electrons. The summed E-state index contributed by atoms with van der Waals surface area (Å²) in [5.74, 6) is -3.87. The van der Waals surface area contributed by atoms with Gasteiger partial charge in [0.1, 0.15) is 18.5 Å². The third-order valence-electron chi connectivity index (χ3n) is 10.9. The molecule has 1 aromatic heterocycles. The molecule has 5 heterocycles. The number of ether oxygens (including phenoxy) is 3. The summed E-state index contributed by atoms with van der Waals surface area (Å²) >= 11 is 0. The van der Waals surface area contributed by atoms with Crippen LogP contribution in [0.4, 0.5) is 0 Å². The van der Waals surface area contributed by atoms with Crippen molar-refractivity contribution in [1.29, 1.82) is 0 Å². The molecule has 1 aromatic rings. The van der Waals surface area contributed by atoms with Crippen LogP contribution in [0.1, 0.15) is 64.5 Å². The van der Waals surface area contributed by atoms with E-state index in [4.69, 9.17) is 18.6 Å². The summed E-state index contributed by atoms with van der Waals surface area (Å²) in [6.07, 6.45) is 4.82. The molecule has 8 nitrogen and oxygen atoms in total. The highest BCUT2D eigenvalue weighted by Crippen LogP contribution is 2.80. The van der Waals surface area contributed by atoms with Gasteiger partial charge in [0.05, 0.1) is 42.3 Å². The number of Topliss-reactive ketones (excluding diaryl/α,β-unsaturated/α-hetero) is 1. The normalized spacial score (nSPS) is 52.4. The van der Waals surface area contributed by atoms with Crippen LogP contribution in [0.25, 0.3) is 0 Å². The lowest BCUT2D eigenvalue weighted by atomic mass is 9.36. The molecule has 2 bridgehead atoms. The number of furan rings is 1. The van der Waals surface area contributed by atoms with Crippen molar-refractivity contribution < 1.29 is 38.1 Å². The summed E-state index contributed by atoms with van der Waals surface area (Å²) < 4.78 is 23.6. The Morgan fingerprint density at radius 3 is 2.53 bits per heavy atom. The molecule has 4 aliphatic heterocycles. The van der Waals surface area contributed by atoms with Gasteiger partial charge in [0.2, 0.25) is 0 Å². The predicted octanol–water partition coefficient (Wildman–Crippen LogP) is 2.94. The Hall–Kier alpha value is -2.19. The molecule has 1 N–H and O–H groups in total. The average Bonchev–Trinajstić information content (AvgIpc) is 3.46. The first-order valence-electron chi connectivity index (χ1n) is 12.3. The minimum Gasteiger partial charge on any atom is -0.472 e. The molecule has 9 atom stereocenters. The number of aliphatic hydroxyl groups is 1. The van der Waals surface area contributed by atoms with Gasteiger partial charge in [-0.2, -0.15) is 0 Å². The van der Waals surface area contributed by atoms with E-state index in [0.717, 1.165) is 18.4 Å². The third-order valence-corrected chi connectivity index (χ3v) is 10.9. The van der Waals surface area contributed by atoms with Crippen molar-refractivity contribution in [2.24, 2.45) is 39.9 Å². The Kier molecular flexibility index (Phi) is 3.70. The first kappa shape index (κ1) is 21.1. The standard InChI is InChI=1S/C26H30O8/c1-22(2)16-8-18(27)32-12-24(16)15-4-6-23(3)17(9-19(28)33-21(23)13-5-7-31-11-13)25(15)10-14(20(22)29)26(24,30)34-25/h5,7,11,14-17,21,30H,4,6,8-10,12H2,1-3H3/t14-,15+,16-,17+,21-,23+,24+,25+,26?/m0/s1. The van der Waals surface area contributed by atoms with Crippen molar-refractivity contribution in [2.75, 3.05) is 6.61 Å². The minimum absolute atomic E-state index is 0.0473. The number of carbonyl (C=O) groups excluding carboxylic acids is 3. The summed E-state index contributed by atoms with van der Waals surface area (Å²) in [6, 6.07) is 1.83. The van der Waals surface area contributed by atoms with E-state index in [9.17, 15) is 19.5 Å². The van der Waals surface area contributed by atoms with Crippen molar-refractivity contribution in [3.8, 4) is 0 Å². The van der Waals surface area contributed by atoms with E-state index in [1.54, 1.807) is 12.5 Å². The van der Waals surface area contributed by atoms with Crippen LogP contribution in [0.5, 0.6) is 0 Å². The Labute approximate surface area is 197 Å². The Balaban J connectivity index is 1.41. The molecule has 2 spiro atoms. The number of hydrogen-bond acceptors (Lipinski definition) is 8. The minimum atomic E-state index is -1.70. The zero-order valence-corrected chi connectivity index (χ0v) is 19.7. The molecule has 1 unspecified atom stereocenters. The summed E-state index contributed by atoms with van der Waals surface area (Å²) in [5.41, 5.74) is -2.14. The molecule has 0 radical (unpaired) electrons. The molecule has 2 aliphatic carbocycles. The number of esters is 2. The lowest BCUT2D eigenvalue weighted by molar-refractivity contribution is -0.301. The van der Waals surface area contributed by atoms with Gasteiger partial charge in [0.15, 0.2) is 5.79 Å². The molecule has 2 saturated carbocycles. The van der Waals surface area contributed by atoms with Gasteiger partial charge < -0.3 is 23.7 Å². The van der Waals surface area contributed by atoms with E-state index < -0.39 is 39.7 Å². The second-order valence-corrected chi connectivity index (χ2v) is 12.3. The van der Waals surface area contributed by atoms with Gasteiger partial charge in [-0.1, -0.05) is 20.8 Å². The van der Waals surface area contributed by atoms with Crippen LogP contribution >= 0.6 is 0 Å².